The summed E-state index contributed by atoms with van der Waals surface area (Å²) in [5.74, 6) is -0.483. The lowest BCUT2D eigenvalue weighted by Crippen LogP contribution is -2.13. The predicted molar refractivity (Wildman–Crippen MR) is 87.7 cm³/mol. The molecule has 0 saturated heterocycles. The maximum Gasteiger partial charge on any atom is 0.266 e. The first-order valence-electron chi connectivity index (χ1n) is 5.93. The number of nitrogens with one attached hydrogen (secondary N) is 1. The van der Waals surface area contributed by atoms with Crippen molar-refractivity contribution in [1.82, 2.24) is 0 Å². The summed E-state index contributed by atoms with van der Waals surface area (Å²) in [5.41, 5.74) is 1.54. The van der Waals surface area contributed by atoms with E-state index in [0.717, 1.165) is 10.4 Å². The zero-order valence-electron chi connectivity index (χ0n) is 11.0. The Labute approximate surface area is 136 Å². The van der Waals surface area contributed by atoms with Crippen LogP contribution < -0.4 is 5.32 Å². The molecule has 1 heterocycles. The van der Waals surface area contributed by atoms with Crippen molar-refractivity contribution >= 4 is 52.2 Å². The third-order valence-electron chi connectivity index (χ3n) is 2.72. The normalized spacial score (nSPS) is 11.0. The van der Waals surface area contributed by atoms with Gasteiger partial charge in [-0.25, -0.2) is 0 Å². The topological polar surface area (TPSA) is 52.9 Å². The van der Waals surface area contributed by atoms with Crippen molar-refractivity contribution in [1.29, 1.82) is 5.26 Å². The molecule has 1 amide bonds. The van der Waals surface area contributed by atoms with Gasteiger partial charge in [0.25, 0.3) is 5.91 Å². The van der Waals surface area contributed by atoms with Crippen LogP contribution in [-0.2, 0) is 4.79 Å². The Morgan fingerprint density at radius 3 is 2.67 bits per heavy atom. The molecule has 3 nitrogen and oxygen atoms in total. The third-order valence-corrected chi connectivity index (χ3v) is 4.42. The van der Waals surface area contributed by atoms with Gasteiger partial charge in [-0.1, -0.05) is 23.2 Å². The van der Waals surface area contributed by atoms with Crippen molar-refractivity contribution in [3.63, 3.8) is 0 Å². The molecule has 1 aromatic heterocycles. The fraction of sp³-hybridized carbons (Fsp3) is 0.0667. The Morgan fingerprint density at radius 1 is 1.33 bits per heavy atom. The molecule has 0 aliphatic carbocycles. The highest BCUT2D eigenvalue weighted by Crippen LogP contribution is 2.25. The first-order chi connectivity index (χ1) is 10.0. The molecule has 106 valence electrons. The molecule has 0 fully saturated rings. The number of benzene rings is 1. The molecule has 1 aromatic carbocycles. The molecule has 0 radical (unpaired) electrons. The van der Waals surface area contributed by atoms with Gasteiger partial charge in [-0.2, -0.15) is 5.26 Å². The lowest BCUT2D eigenvalue weighted by Gasteiger charge is -2.05. The van der Waals surface area contributed by atoms with E-state index in [-0.39, 0.29) is 5.57 Å². The third kappa shape index (κ3) is 3.85. The maximum absolute atomic E-state index is 12.1. The minimum atomic E-state index is -0.483. The van der Waals surface area contributed by atoms with Crippen molar-refractivity contribution < 1.29 is 4.79 Å². The van der Waals surface area contributed by atoms with E-state index in [4.69, 9.17) is 28.5 Å². The van der Waals surface area contributed by atoms with Crippen LogP contribution >= 0.6 is 34.5 Å². The highest BCUT2D eigenvalue weighted by molar-refractivity contribution is 7.11. The van der Waals surface area contributed by atoms with Crippen LogP contribution in [0, 0.1) is 18.3 Å². The van der Waals surface area contributed by atoms with Gasteiger partial charge in [0.05, 0.1) is 10.0 Å². The van der Waals surface area contributed by atoms with E-state index >= 15 is 0 Å². The number of hydrogen-bond donors (Lipinski definition) is 1. The van der Waals surface area contributed by atoms with E-state index < -0.39 is 5.91 Å². The van der Waals surface area contributed by atoms with Crippen LogP contribution in [0.25, 0.3) is 6.08 Å². The van der Waals surface area contributed by atoms with E-state index in [1.165, 1.54) is 17.4 Å². The summed E-state index contributed by atoms with van der Waals surface area (Å²) in [6, 6.07) is 8.58. The number of aryl methyl sites for hydroxylation is 1. The first kappa shape index (κ1) is 15.6. The van der Waals surface area contributed by atoms with Crippen molar-refractivity contribution in [3.8, 4) is 6.07 Å². The minimum absolute atomic E-state index is 0.0339. The zero-order valence-corrected chi connectivity index (χ0v) is 13.3. The average molecular weight is 337 g/mol. The van der Waals surface area contributed by atoms with Gasteiger partial charge in [-0.3, -0.25) is 4.79 Å². The van der Waals surface area contributed by atoms with Gasteiger partial charge in [0.2, 0.25) is 0 Å². The number of anilines is 1. The standard InChI is InChI=1S/C15H10Cl2N2OS/c1-9-4-5-21-14(9)6-10(8-18)15(20)19-11-2-3-12(16)13(17)7-11/h2-7H,1H3,(H,19,20)/b10-6-. The highest BCUT2D eigenvalue weighted by Gasteiger charge is 2.11. The van der Waals surface area contributed by atoms with Crippen LogP contribution in [0.15, 0.2) is 35.2 Å². The summed E-state index contributed by atoms with van der Waals surface area (Å²) in [6.45, 7) is 1.92. The SMILES string of the molecule is Cc1ccsc1/C=C(/C#N)C(=O)Nc1ccc(Cl)c(Cl)c1. The molecule has 2 aromatic rings. The number of thiophene rings is 1. The van der Waals surface area contributed by atoms with Gasteiger partial charge in [0.1, 0.15) is 11.6 Å². The molecule has 1 N–H and O–H groups in total. The van der Waals surface area contributed by atoms with Crippen LogP contribution in [0.1, 0.15) is 10.4 Å². The Bertz CT molecular complexity index is 759. The molecular weight excluding hydrogens is 327 g/mol. The number of amides is 1. The van der Waals surface area contributed by atoms with Crippen molar-refractivity contribution in [2.75, 3.05) is 5.32 Å². The van der Waals surface area contributed by atoms with Crippen LogP contribution in [0.3, 0.4) is 0 Å². The Kier molecular flexibility index (Phi) is 5.03. The Morgan fingerprint density at radius 2 is 2.10 bits per heavy atom. The predicted octanol–water partition coefficient (Wildman–Crippen LogP) is 4.91. The van der Waals surface area contributed by atoms with Gasteiger partial charge in [0, 0.05) is 10.6 Å². The molecular formula is C15H10Cl2N2OS. The maximum atomic E-state index is 12.1. The van der Waals surface area contributed by atoms with Gasteiger partial charge < -0.3 is 5.32 Å². The van der Waals surface area contributed by atoms with Crippen LogP contribution in [0.4, 0.5) is 5.69 Å². The molecule has 0 aliphatic heterocycles. The van der Waals surface area contributed by atoms with Gasteiger partial charge in [0.15, 0.2) is 0 Å². The Hall–Kier alpha value is -1.80. The summed E-state index contributed by atoms with van der Waals surface area (Å²) in [4.78, 5) is 13.0. The molecule has 6 heteroatoms. The fourth-order valence-corrected chi connectivity index (χ4v) is 2.74. The number of carbonyl (C=O) groups is 1. The van der Waals surface area contributed by atoms with E-state index in [0.29, 0.717) is 15.7 Å². The number of nitrogens with zero attached hydrogens (tertiary/aromatic N) is 1. The van der Waals surface area contributed by atoms with Crippen LogP contribution in [0.2, 0.25) is 10.0 Å². The number of hydrogen-bond acceptors (Lipinski definition) is 3. The van der Waals surface area contributed by atoms with Gasteiger partial charge >= 0.3 is 0 Å². The summed E-state index contributed by atoms with van der Waals surface area (Å²) in [6.07, 6.45) is 1.58. The van der Waals surface area contributed by atoms with Crippen molar-refractivity contribution in [2.24, 2.45) is 0 Å². The van der Waals surface area contributed by atoms with E-state index in [2.05, 4.69) is 5.32 Å². The summed E-state index contributed by atoms with van der Waals surface area (Å²) < 4.78 is 0. The lowest BCUT2D eigenvalue weighted by molar-refractivity contribution is -0.112. The number of carbonyl (C=O) groups excluding carboxylic acids is 1. The summed E-state index contributed by atoms with van der Waals surface area (Å²) in [7, 11) is 0. The minimum Gasteiger partial charge on any atom is -0.321 e. The Balaban J connectivity index is 2.22. The monoisotopic (exact) mass is 336 g/mol. The molecule has 0 saturated carbocycles. The molecule has 0 bridgehead atoms. The first-order valence-corrected chi connectivity index (χ1v) is 7.57. The number of halogens is 2. The molecule has 0 aliphatic rings. The quantitative estimate of drug-likeness (QED) is 0.639. The van der Waals surface area contributed by atoms with E-state index in [1.54, 1.807) is 18.2 Å². The second kappa shape index (κ2) is 6.77. The van der Waals surface area contributed by atoms with Gasteiger partial charge in [-0.15, -0.1) is 11.3 Å². The second-order valence-electron chi connectivity index (χ2n) is 4.22. The summed E-state index contributed by atoms with van der Waals surface area (Å²) >= 11 is 13.2. The fourth-order valence-electron chi connectivity index (χ4n) is 1.58. The van der Waals surface area contributed by atoms with E-state index in [1.807, 2.05) is 24.4 Å². The number of rotatable bonds is 3. The molecule has 0 unspecified atom stereocenters. The van der Waals surface area contributed by atoms with Gasteiger partial charge in [-0.05, 0) is 48.2 Å². The molecule has 21 heavy (non-hydrogen) atoms. The summed E-state index contributed by atoms with van der Waals surface area (Å²) in [5, 5.41) is 14.4. The van der Waals surface area contributed by atoms with Crippen LogP contribution in [-0.4, -0.2) is 5.91 Å². The van der Waals surface area contributed by atoms with Crippen molar-refractivity contribution in [2.45, 2.75) is 6.92 Å². The largest absolute Gasteiger partial charge is 0.321 e. The number of nitriles is 1. The van der Waals surface area contributed by atoms with E-state index in [9.17, 15) is 4.79 Å². The molecule has 0 atom stereocenters. The average Bonchev–Trinajstić information content (AvgIpc) is 2.85. The molecule has 0 spiro atoms. The van der Waals surface area contributed by atoms with Crippen LogP contribution in [0.5, 0.6) is 0 Å². The molecule has 2 rings (SSSR count). The van der Waals surface area contributed by atoms with Crippen molar-refractivity contribution in [3.05, 3.63) is 55.7 Å². The smallest absolute Gasteiger partial charge is 0.266 e. The lowest BCUT2D eigenvalue weighted by atomic mass is 10.2. The second-order valence-corrected chi connectivity index (χ2v) is 5.98. The zero-order chi connectivity index (χ0) is 15.4. The highest BCUT2D eigenvalue weighted by atomic mass is 35.5.